The summed E-state index contributed by atoms with van der Waals surface area (Å²) in [5, 5.41) is 11.4. The summed E-state index contributed by atoms with van der Waals surface area (Å²) in [6, 6.07) is 6.49. The van der Waals surface area contributed by atoms with E-state index in [2.05, 4.69) is 24.8 Å². The highest BCUT2D eigenvalue weighted by Crippen LogP contribution is 2.16. The van der Waals surface area contributed by atoms with Gasteiger partial charge in [0.15, 0.2) is 5.82 Å². The third kappa shape index (κ3) is 3.91. The minimum absolute atomic E-state index is 0.0554. The Morgan fingerprint density at radius 1 is 1.15 bits per heavy atom. The van der Waals surface area contributed by atoms with Gasteiger partial charge in [0.2, 0.25) is 0 Å². The van der Waals surface area contributed by atoms with Crippen molar-refractivity contribution in [2.45, 2.75) is 38.5 Å². The molecule has 138 valence electrons. The molecule has 1 aliphatic rings. The van der Waals surface area contributed by atoms with Gasteiger partial charge in [-0.2, -0.15) is 0 Å². The maximum absolute atomic E-state index is 12.5. The van der Waals surface area contributed by atoms with Gasteiger partial charge in [-0.25, -0.2) is 4.79 Å². The van der Waals surface area contributed by atoms with Gasteiger partial charge in [0.25, 0.3) is 5.91 Å². The van der Waals surface area contributed by atoms with Crippen LogP contribution < -0.4 is 5.32 Å². The van der Waals surface area contributed by atoms with Crippen LogP contribution in [0, 0.1) is 0 Å². The van der Waals surface area contributed by atoms with Crippen LogP contribution in [0.5, 0.6) is 0 Å². The number of aromatic nitrogens is 3. The largest absolute Gasteiger partial charge is 0.465 e. The molecule has 1 atom stereocenters. The summed E-state index contributed by atoms with van der Waals surface area (Å²) in [5.74, 6) is 1.17. The zero-order valence-electron chi connectivity index (χ0n) is 14.9. The van der Waals surface area contributed by atoms with Gasteiger partial charge in [-0.05, 0) is 37.1 Å². The number of aryl methyl sites for hydroxylation is 1. The Hall–Kier alpha value is -2.74. The van der Waals surface area contributed by atoms with Crippen molar-refractivity contribution in [1.29, 1.82) is 0 Å². The molecule has 8 heteroatoms. The number of amides is 1. The van der Waals surface area contributed by atoms with Gasteiger partial charge in [0.05, 0.1) is 12.7 Å². The van der Waals surface area contributed by atoms with Crippen LogP contribution >= 0.6 is 0 Å². The van der Waals surface area contributed by atoms with E-state index in [-0.39, 0.29) is 11.9 Å². The van der Waals surface area contributed by atoms with Crippen molar-refractivity contribution in [3.8, 4) is 0 Å². The molecular formula is C18H22N4O4. The quantitative estimate of drug-likeness (QED) is 0.811. The first-order valence-electron chi connectivity index (χ1n) is 8.51. The number of ether oxygens (including phenoxy) is 2. The molecule has 1 aromatic heterocycles. The minimum atomic E-state index is -0.421. The van der Waals surface area contributed by atoms with Crippen LogP contribution in [0.25, 0.3) is 0 Å². The monoisotopic (exact) mass is 358 g/mol. The number of carbonyl (C=O) groups is 2. The van der Waals surface area contributed by atoms with Gasteiger partial charge in [0, 0.05) is 31.7 Å². The number of nitrogens with zero attached hydrogens (tertiary/aromatic N) is 3. The van der Waals surface area contributed by atoms with Crippen LogP contribution in [0.3, 0.4) is 0 Å². The van der Waals surface area contributed by atoms with E-state index in [0.29, 0.717) is 17.7 Å². The highest BCUT2D eigenvalue weighted by Gasteiger charge is 2.22. The van der Waals surface area contributed by atoms with Crippen LogP contribution in [0.4, 0.5) is 0 Å². The van der Waals surface area contributed by atoms with Crippen molar-refractivity contribution in [2.75, 3.05) is 14.2 Å². The van der Waals surface area contributed by atoms with Crippen LogP contribution in [0.15, 0.2) is 24.3 Å². The molecule has 1 aliphatic heterocycles. The third-order valence-electron chi connectivity index (χ3n) is 4.50. The van der Waals surface area contributed by atoms with Gasteiger partial charge < -0.3 is 19.4 Å². The second-order valence-electron chi connectivity index (χ2n) is 6.18. The molecule has 0 radical (unpaired) electrons. The van der Waals surface area contributed by atoms with Gasteiger partial charge in [-0.15, -0.1) is 10.2 Å². The molecule has 1 aromatic carbocycles. The second-order valence-corrected chi connectivity index (χ2v) is 6.18. The molecule has 0 aliphatic carbocycles. The van der Waals surface area contributed by atoms with Crippen molar-refractivity contribution >= 4 is 11.9 Å². The predicted octanol–water partition coefficient (Wildman–Crippen LogP) is 1.35. The lowest BCUT2D eigenvalue weighted by Crippen LogP contribution is -2.35. The third-order valence-corrected chi connectivity index (χ3v) is 4.50. The predicted molar refractivity (Wildman–Crippen MR) is 92.7 cm³/mol. The fourth-order valence-electron chi connectivity index (χ4n) is 3.07. The number of benzene rings is 1. The zero-order valence-corrected chi connectivity index (χ0v) is 14.9. The molecule has 1 unspecified atom stereocenters. The Morgan fingerprint density at radius 2 is 1.88 bits per heavy atom. The summed E-state index contributed by atoms with van der Waals surface area (Å²) in [7, 11) is 2.96. The zero-order chi connectivity index (χ0) is 18.5. The Balaban J connectivity index is 1.61. The molecule has 0 fully saturated rings. The maximum Gasteiger partial charge on any atom is 0.337 e. The number of hydrogen-bond acceptors (Lipinski definition) is 6. The first kappa shape index (κ1) is 18.1. The number of fused-ring (bicyclic) bond motifs is 1. The van der Waals surface area contributed by atoms with Gasteiger partial charge in [-0.1, -0.05) is 0 Å². The number of esters is 1. The summed E-state index contributed by atoms with van der Waals surface area (Å²) < 4.78 is 11.9. The normalized spacial score (nSPS) is 16.5. The van der Waals surface area contributed by atoms with E-state index in [4.69, 9.17) is 4.74 Å². The second kappa shape index (κ2) is 8.09. The summed E-state index contributed by atoms with van der Waals surface area (Å²) in [4.78, 5) is 23.9. The van der Waals surface area contributed by atoms with Gasteiger partial charge >= 0.3 is 5.97 Å². The molecule has 1 N–H and O–H groups in total. The average Bonchev–Trinajstić information content (AvgIpc) is 2.93. The molecule has 26 heavy (non-hydrogen) atoms. The summed E-state index contributed by atoms with van der Waals surface area (Å²) in [5.41, 5.74) is 0.934. The molecule has 8 nitrogen and oxygen atoms in total. The molecule has 3 rings (SSSR count). The number of nitrogens with one attached hydrogen (secondary N) is 1. The Labute approximate surface area is 151 Å². The van der Waals surface area contributed by atoms with E-state index in [1.165, 1.54) is 7.11 Å². The molecular weight excluding hydrogens is 336 g/mol. The molecule has 2 aromatic rings. The number of methoxy groups -OCH3 is 2. The minimum Gasteiger partial charge on any atom is -0.465 e. The van der Waals surface area contributed by atoms with Crippen molar-refractivity contribution in [3.63, 3.8) is 0 Å². The molecule has 0 bridgehead atoms. The van der Waals surface area contributed by atoms with Crippen LogP contribution in [0.2, 0.25) is 0 Å². The first-order chi connectivity index (χ1) is 12.6. The van der Waals surface area contributed by atoms with Crippen LogP contribution in [0.1, 0.15) is 45.2 Å². The summed E-state index contributed by atoms with van der Waals surface area (Å²) in [6.45, 7) is 1.17. The van der Waals surface area contributed by atoms with E-state index in [0.717, 1.165) is 37.5 Å². The smallest absolute Gasteiger partial charge is 0.337 e. The number of hydrogen-bond donors (Lipinski definition) is 1. The lowest BCUT2D eigenvalue weighted by molar-refractivity contribution is 0.0600. The number of carbonyl (C=O) groups excluding carboxylic acids is 2. The topological polar surface area (TPSA) is 95.3 Å². The molecule has 0 spiro atoms. The van der Waals surface area contributed by atoms with Crippen LogP contribution in [-0.2, 0) is 29.0 Å². The first-order valence-corrected chi connectivity index (χ1v) is 8.51. The molecule has 2 heterocycles. The number of rotatable bonds is 5. The van der Waals surface area contributed by atoms with Crippen molar-refractivity contribution < 1.29 is 19.1 Å². The van der Waals surface area contributed by atoms with E-state index in [1.807, 2.05) is 0 Å². The lowest BCUT2D eigenvalue weighted by Gasteiger charge is -2.16. The van der Waals surface area contributed by atoms with E-state index in [1.54, 1.807) is 31.4 Å². The summed E-state index contributed by atoms with van der Waals surface area (Å²) in [6.07, 6.45) is 2.35. The highest BCUT2D eigenvalue weighted by molar-refractivity contribution is 5.96. The standard InChI is InChI=1S/C18H22N4O4/c1-25-11-16-21-20-15-8-7-14(9-10-22(15)16)19-17(23)12-3-5-13(6-4-12)18(24)26-2/h3-6,14H,7-11H2,1-2H3,(H,19,23). The molecule has 1 amide bonds. The lowest BCUT2D eigenvalue weighted by atomic mass is 10.1. The van der Waals surface area contributed by atoms with E-state index in [9.17, 15) is 9.59 Å². The van der Waals surface area contributed by atoms with E-state index < -0.39 is 5.97 Å². The molecule has 0 saturated heterocycles. The summed E-state index contributed by atoms with van der Waals surface area (Å²) >= 11 is 0. The highest BCUT2D eigenvalue weighted by atomic mass is 16.5. The Morgan fingerprint density at radius 3 is 2.58 bits per heavy atom. The fourth-order valence-corrected chi connectivity index (χ4v) is 3.07. The molecule has 0 saturated carbocycles. The van der Waals surface area contributed by atoms with Gasteiger partial charge in [0.1, 0.15) is 12.4 Å². The van der Waals surface area contributed by atoms with Crippen molar-refractivity contribution in [3.05, 3.63) is 47.0 Å². The Bertz CT molecular complexity index is 785. The van der Waals surface area contributed by atoms with Gasteiger partial charge in [-0.3, -0.25) is 4.79 Å². The maximum atomic E-state index is 12.5. The van der Waals surface area contributed by atoms with Crippen molar-refractivity contribution in [2.24, 2.45) is 0 Å². The van der Waals surface area contributed by atoms with Crippen LogP contribution in [-0.4, -0.2) is 46.9 Å². The fraction of sp³-hybridized carbons (Fsp3) is 0.444. The Kier molecular flexibility index (Phi) is 5.62. The SMILES string of the molecule is COCc1nnc2n1CCC(NC(=O)c1ccc(C(=O)OC)cc1)CC2. The van der Waals surface area contributed by atoms with E-state index >= 15 is 0 Å². The average molecular weight is 358 g/mol. The van der Waals surface area contributed by atoms with Crippen molar-refractivity contribution in [1.82, 2.24) is 20.1 Å².